The van der Waals surface area contributed by atoms with Crippen LogP contribution in [0.5, 0.6) is 0 Å². The van der Waals surface area contributed by atoms with Crippen molar-refractivity contribution in [3.8, 4) is 0 Å². The zero-order valence-electron chi connectivity index (χ0n) is 18.4. The summed E-state index contributed by atoms with van der Waals surface area (Å²) in [5, 5.41) is 4.03. The highest BCUT2D eigenvalue weighted by Crippen LogP contribution is 2.27. The largest absolute Gasteiger partial charge is 0.382 e. The molecule has 0 atom stereocenters. The number of anilines is 2. The number of benzene rings is 1. The summed E-state index contributed by atoms with van der Waals surface area (Å²) < 4.78 is 7.49. The molecule has 3 aromatic heterocycles. The third-order valence-corrected chi connectivity index (χ3v) is 5.94. The lowest BCUT2D eigenvalue weighted by molar-refractivity contribution is 0.0952. The molecule has 1 amide bonds. The smallest absolute Gasteiger partial charge is 0.252 e. The van der Waals surface area contributed by atoms with E-state index >= 15 is 0 Å². The molecule has 0 radical (unpaired) electrons. The minimum atomic E-state index is -0.103. The van der Waals surface area contributed by atoms with E-state index in [1.165, 1.54) is 0 Å². The van der Waals surface area contributed by atoms with Crippen LogP contribution in [0.1, 0.15) is 23.2 Å². The Hall–Kier alpha value is -3.72. The summed E-state index contributed by atoms with van der Waals surface area (Å²) in [6.07, 6.45) is 5.20. The number of carbonyl (C=O) groups excluding carboxylic acids is 1. The molecular formula is C24H27N7O2. The first-order chi connectivity index (χ1) is 16.2. The first kappa shape index (κ1) is 21.1. The maximum absolute atomic E-state index is 12.5. The normalized spacial score (nSPS) is 14.1. The second kappa shape index (κ2) is 9.41. The molecule has 0 unspecified atom stereocenters. The first-order valence-electron chi connectivity index (χ1n) is 11.3. The topological polar surface area (TPSA) is 111 Å². The number of hydrogen-bond acceptors (Lipinski definition) is 7. The molecule has 4 heterocycles. The molecule has 3 N–H and O–H groups in total. The third kappa shape index (κ3) is 4.45. The number of pyridine rings is 2. The molecule has 9 nitrogen and oxygen atoms in total. The monoisotopic (exact) mass is 445 g/mol. The quantitative estimate of drug-likeness (QED) is 0.421. The van der Waals surface area contributed by atoms with Crippen LogP contribution in [0.15, 0.2) is 48.9 Å². The fourth-order valence-corrected chi connectivity index (χ4v) is 4.19. The summed E-state index contributed by atoms with van der Waals surface area (Å²) >= 11 is 0. The van der Waals surface area contributed by atoms with Crippen molar-refractivity contribution < 1.29 is 9.53 Å². The van der Waals surface area contributed by atoms with Crippen LogP contribution in [0.25, 0.3) is 21.9 Å². The van der Waals surface area contributed by atoms with E-state index in [-0.39, 0.29) is 5.91 Å². The first-order valence-corrected chi connectivity index (χ1v) is 11.3. The lowest BCUT2D eigenvalue weighted by Crippen LogP contribution is -2.36. The summed E-state index contributed by atoms with van der Waals surface area (Å²) in [5.41, 5.74) is 9.28. The molecule has 1 fully saturated rings. The van der Waals surface area contributed by atoms with E-state index in [0.717, 1.165) is 60.2 Å². The zero-order valence-corrected chi connectivity index (χ0v) is 18.4. The summed E-state index contributed by atoms with van der Waals surface area (Å²) in [6.45, 7) is 4.45. The van der Waals surface area contributed by atoms with Crippen molar-refractivity contribution >= 4 is 39.5 Å². The van der Waals surface area contributed by atoms with Crippen LogP contribution >= 0.6 is 0 Å². The van der Waals surface area contributed by atoms with Gasteiger partial charge in [0, 0.05) is 37.8 Å². The summed E-state index contributed by atoms with van der Waals surface area (Å²) in [4.78, 5) is 28.0. The van der Waals surface area contributed by atoms with Crippen molar-refractivity contribution in [2.45, 2.75) is 19.4 Å². The molecule has 0 bridgehead atoms. The number of nitrogens with one attached hydrogen (secondary N) is 1. The van der Waals surface area contributed by atoms with Crippen molar-refractivity contribution in [3.05, 3.63) is 54.5 Å². The van der Waals surface area contributed by atoms with Crippen LogP contribution in [0.2, 0.25) is 0 Å². The molecule has 170 valence electrons. The Bertz CT molecular complexity index is 1260. The molecule has 1 saturated heterocycles. The molecule has 1 aliphatic rings. The van der Waals surface area contributed by atoms with Crippen LogP contribution < -0.4 is 16.0 Å². The summed E-state index contributed by atoms with van der Waals surface area (Å²) in [6, 6.07) is 11.7. The van der Waals surface area contributed by atoms with Gasteiger partial charge in [-0.25, -0.2) is 15.0 Å². The van der Waals surface area contributed by atoms with E-state index in [0.29, 0.717) is 31.1 Å². The third-order valence-electron chi connectivity index (χ3n) is 5.94. The van der Waals surface area contributed by atoms with Crippen LogP contribution in [0.4, 0.5) is 11.6 Å². The predicted molar refractivity (Wildman–Crippen MR) is 128 cm³/mol. The second-order valence-electron chi connectivity index (χ2n) is 8.12. The highest BCUT2D eigenvalue weighted by molar-refractivity contribution is 6.06. The lowest BCUT2D eigenvalue weighted by atomic mass is 10.2. The van der Waals surface area contributed by atoms with Crippen LogP contribution in [0.3, 0.4) is 0 Å². The van der Waals surface area contributed by atoms with Crippen molar-refractivity contribution in [2.24, 2.45) is 0 Å². The van der Waals surface area contributed by atoms with E-state index in [2.05, 4.69) is 29.7 Å². The number of unbranched alkanes of at least 4 members (excludes halogenated alkanes) is 1. The van der Waals surface area contributed by atoms with Gasteiger partial charge in [-0.1, -0.05) is 18.2 Å². The number of amides is 1. The molecule has 1 aromatic carbocycles. The Kier molecular flexibility index (Phi) is 6.03. The standard InChI is InChI=1S/C24H27N7O2/c25-23-21-22(18-5-1-2-6-19(18)29-23)31(16-28-21)10-4-3-9-26-24(32)17-7-8-20(27-15-17)30-11-13-33-14-12-30/h1-2,5-8,15-16H,3-4,9-14H2,(H2,25,29)(H,26,32). The zero-order chi connectivity index (χ0) is 22.6. The van der Waals surface area contributed by atoms with Gasteiger partial charge in [0.05, 0.1) is 36.1 Å². The Labute approximate surface area is 191 Å². The lowest BCUT2D eigenvalue weighted by Gasteiger charge is -2.27. The number of nitrogens with two attached hydrogens (primary N) is 1. The van der Waals surface area contributed by atoms with Gasteiger partial charge in [-0.3, -0.25) is 4.79 Å². The van der Waals surface area contributed by atoms with Gasteiger partial charge in [-0.05, 0) is 31.0 Å². The van der Waals surface area contributed by atoms with Crippen LogP contribution in [0, 0.1) is 0 Å². The number of carbonyl (C=O) groups is 1. The maximum atomic E-state index is 12.5. The van der Waals surface area contributed by atoms with E-state index < -0.39 is 0 Å². The number of hydrogen-bond donors (Lipinski definition) is 2. The van der Waals surface area contributed by atoms with Gasteiger partial charge in [-0.2, -0.15) is 0 Å². The van der Waals surface area contributed by atoms with Crippen molar-refractivity contribution in [1.29, 1.82) is 0 Å². The number of fused-ring (bicyclic) bond motifs is 3. The molecule has 0 spiro atoms. The van der Waals surface area contributed by atoms with Gasteiger partial charge in [0.2, 0.25) is 0 Å². The van der Waals surface area contributed by atoms with Gasteiger partial charge in [0.15, 0.2) is 5.82 Å². The van der Waals surface area contributed by atoms with Gasteiger partial charge < -0.3 is 25.3 Å². The molecule has 33 heavy (non-hydrogen) atoms. The highest BCUT2D eigenvalue weighted by Gasteiger charge is 2.14. The van der Waals surface area contributed by atoms with E-state index in [1.54, 1.807) is 6.20 Å². The highest BCUT2D eigenvalue weighted by atomic mass is 16.5. The Morgan fingerprint density at radius 3 is 2.76 bits per heavy atom. The average molecular weight is 446 g/mol. The van der Waals surface area contributed by atoms with Gasteiger partial charge in [0.1, 0.15) is 11.3 Å². The summed E-state index contributed by atoms with van der Waals surface area (Å²) in [5.74, 6) is 1.22. The number of aromatic nitrogens is 4. The van der Waals surface area contributed by atoms with Gasteiger partial charge in [0.25, 0.3) is 5.91 Å². The average Bonchev–Trinajstić information content (AvgIpc) is 3.29. The molecular weight excluding hydrogens is 418 g/mol. The molecule has 0 saturated carbocycles. The number of nitrogen functional groups attached to an aromatic ring is 1. The van der Waals surface area contributed by atoms with Crippen LogP contribution in [-0.2, 0) is 11.3 Å². The Balaban J connectivity index is 1.14. The SMILES string of the molecule is Nc1nc2ccccc2c2c1ncn2CCCCNC(=O)c1ccc(N2CCOCC2)nc1. The van der Waals surface area contributed by atoms with E-state index in [9.17, 15) is 4.79 Å². The number of para-hydroxylation sites is 1. The summed E-state index contributed by atoms with van der Waals surface area (Å²) in [7, 11) is 0. The number of aryl methyl sites for hydroxylation is 1. The number of morpholine rings is 1. The fraction of sp³-hybridized carbons (Fsp3) is 0.333. The number of imidazole rings is 1. The fourth-order valence-electron chi connectivity index (χ4n) is 4.19. The molecule has 9 heteroatoms. The number of nitrogens with zero attached hydrogens (tertiary/aromatic N) is 5. The van der Waals surface area contributed by atoms with Crippen molar-refractivity contribution in [3.63, 3.8) is 0 Å². The molecule has 1 aliphatic heterocycles. The van der Waals surface area contributed by atoms with Gasteiger partial charge in [-0.15, -0.1) is 0 Å². The van der Waals surface area contributed by atoms with E-state index in [4.69, 9.17) is 10.5 Å². The maximum Gasteiger partial charge on any atom is 0.252 e. The Morgan fingerprint density at radius 2 is 1.94 bits per heavy atom. The minimum absolute atomic E-state index is 0.103. The minimum Gasteiger partial charge on any atom is -0.382 e. The Morgan fingerprint density at radius 1 is 1.09 bits per heavy atom. The van der Waals surface area contributed by atoms with Crippen molar-refractivity contribution in [2.75, 3.05) is 43.5 Å². The molecule has 5 rings (SSSR count). The number of rotatable bonds is 7. The molecule has 0 aliphatic carbocycles. The second-order valence-corrected chi connectivity index (χ2v) is 8.12. The predicted octanol–water partition coefficient (Wildman–Crippen LogP) is 2.61. The molecule has 4 aromatic rings. The van der Waals surface area contributed by atoms with E-state index in [1.807, 2.05) is 42.7 Å². The number of ether oxygens (including phenoxy) is 1. The van der Waals surface area contributed by atoms with Crippen molar-refractivity contribution in [1.82, 2.24) is 24.8 Å². The van der Waals surface area contributed by atoms with Crippen LogP contribution in [-0.4, -0.2) is 58.3 Å². The van der Waals surface area contributed by atoms with Gasteiger partial charge >= 0.3 is 0 Å².